The summed E-state index contributed by atoms with van der Waals surface area (Å²) in [6, 6.07) is 1.68. The minimum absolute atomic E-state index is 0.401. The summed E-state index contributed by atoms with van der Waals surface area (Å²) in [5.41, 5.74) is -0.480. The van der Waals surface area contributed by atoms with Gasteiger partial charge in [0.15, 0.2) is 17.5 Å². The SMILES string of the molecule is CC1OCCCN1C(=O)c1ccc(F)c(F)c1F. The molecule has 1 aromatic carbocycles. The summed E-state index contributed by atoms with van der Waals surface area (Å²) in [6.45, 7) is 2.57. The van der Waals surface area contributed by atoms with Gasteiger partial charge in [-0.3, -0.25) is 4.79 Å². The van der Waals surface area contributed by atoms with E-state index in [1.807, 2.05) is 0 Å². The van der Waals surface area contributed by atoms with Gasteiger partial charge in [0.1, 0.15) is 6.23 Å². The van der Waals surface area contributed by atoms with E-state index in [1.165, 1.54) is 4.90 Å². The van der Waals surface area contributed by atoms with E-state index in [0.717, 1.165) is 12.1 Å². The number of hydrogen-bond donors (Lipinski definition) is 0. The molecule has 1 amide bonds. The summed E-state index contributed by atoms with van der Waals surface area (Å²) < 4.78 is 44.6. The Bertz CT molecular complexity index is 479. The van der Waals surface area contributed by atoms with Crippen LogP contribution in [-0.2, 0) is 4.74 Å². The van der Waals surface area contributed by atoms with Crippen molar-refractivity contribution in [3.05, 3.63) is 35.1 Å². The van der Waals surface area contributed by atoms with Crippen LogP contribution in [0, 0.1) is 17.5 Å². The van der Waals surface area contributed by atoms with Gasteiger partial charge < -0.3 is 9.64 Å². The number of carbonyl (C=O) groups is 1. The Morgan fingerprint density at radius 1 is 1.33 bits per heavy atom. The Morgan fingerprint density at radius 3 is 2.72 bits per heavy atom. The predicted molar refractivity (Wildman–Crippen MR) is 57.4 cm³/mol. The third-order valence-corrected chi connectivity index (χ3v) is 2.87. The van der Waals surface area contributed by atoms with Gasteiger partial charge in [-0.05, 0) is 25.5 Å². The van der Waals surface area contributed by atoms with Crippen molar-refractivity contribution < 1.29 is 22.7 Å². The van der Waals surface area contributed by atoms with Crippen molar-refractivity contribution in [2.24, 2.45) is 0 Å². The Morgan fingerprint density at radius 2 is 2.06 bits per heavy atom. The fraction of sp³-hybridized carbons (Fsp3) is 0.417. The Kier molecular flexibility index (Phi) is 3.56. The molecule has 0 bridgehead atoms. The van der Waals surface area contributed by atoms with Crippen molar-refractivity contribution in [1.29, 1.82) is 0 Å². The molecule has 18 heavy (non-hydrogen) atoms. The molecule has 0 N–H and O–H groups in total. The quantitative estimate of drug-likeness (QED) is 0.724. The van der Waals surface area contributed by atoms with E-state index >= 15 is 0 Å². The largest absolute Gasteiger partial charge is 0.359 e. The Balaban J connectivity index is 2.31. The van der Waals surface area contributed by atoms with Crippen LogP contribution in [0.3, 0.4) is 0 Å². The molecule has 0 radical (unpaired) electrons. The summed E-state index contributed by atoms with van der Waals surface area (Å²) in [5.74, 6) is -5.10. The van der Waals surface area contributed by atoms with Gasteiger partial charge in [0, 0.05) is 6.54 Å². The summed E-state index contributed by atoms with van der Waals surface area (Å²) >= 11 is 0. The molecular weight excluding hydrogens is 247 g/mol. The topological polar surface area (TPSA) is 29.5 Å². The number of rotatable bonds is 1. The minimum Gasteiger partial charge on any atom is -0.359 e. The predicted octanol–water partition coefficient (Wildman–Crippen LogP) is 2.31. The monoisotopic (exact) mass is 259 g/mol. The summed E-state index contributed by atoms with van der Waals surface area (Å²) in [7, 11) is 0. The second-order valence-electron chi connectivity index (χ2n) is 4.05. The summed E-state index contributed by atoms with van der Waals surface area (Å²) in [5, 5.41) is 0. The van der Waals surface area contributed by atoms with E-state index in [9.17, 15) is 18.0 Å². The zero-order valence-electron chi connectivity index (χ0n) is 9.75. The normalized spacial score (nSPS) is 20.0. The third kappa shape index (κ3) is 2.20. The van der Waals surface area contributed by atoms with Gasteiger partial charge >= 0.3 is 0 Å². The molecule has 1 unspecified atom stereocenters. The Labute approximate surface area is 102 Å². The lowest BCUT2D eigenvalue weighted by atomic mass is 10.1. The number of benzene rings is 1. The van der Waals surface area contributed by atoms with E-state index < -0.39 is 35.2 Å². The van der Waals surface area contributed by atoms with E-state index in [1.54, 1.807) is 6.92 Å². The van der Waals surface area contributed by atoms with Gasteiger partial charge in [0.05, 0.1) is 12.2 Å². The van der Waals surface area contributed by atoms with Crippen molar-refractivity contribution in [2.45, 2.75) is 19.6 Å². The first-order valence-corrected chi connectivity index (χ1v) is 5.58. The van der Waals surface area contributed by atoms with Crippen LogP contribution in [-0.4, -0.2) is 30.2 Å². The lowest BCUT2D eigenvalue weighted by molar-refractivity contribution is -0.0663. The fourth-order valence-corrected chi connectivity index (χ4v) is 1.87. The minimum atomic E-state index is -1.63. The maximum Gasteiger partial charge on any atom is 0.258 e. The van der Waals surface area contributed by atoms with Crippen molar-refractivity contribution in [3.8, 4) is 0 Å². The van der Waals surface area contributed by atoms with Crippen molar-refractivity contribution in [1.82, 2.24) is 4.90 Å². The van der Waals surface area contributed by atoms with E-state index in [2.05, 4.69) is 0 Å². The van der Waals surface area contributed by atoms with Gasteiger partial charge in [-0.25, -0.2) is 13.2 Å². The number of amides is 1. The van der Waals surface area contributed by atoms with Gasteiger partial charge in [-0.2, -0.15) is 0 Å². The van der Waals surface area contributed by atoms with Crippen LogP contribution in [0.15, 0.2) is 12.1 Å². The highest BCUT2D eigenvalue weighted by molar-refractivity contribution is 5.94. The Hall–Kier alpha value is -1.56. The fourth-order valence-electron chi connectivity index (χ4n) is 1.87. The van der Waals surface area contributed by atoms with Gasteiger partial charge in [-0.15, -0.1) is 0 Å². The molecule has 3 nitrogen and oxygen atoms in total. The van der Waals surface area contributed by atoms with Gasteiger partial charge in [0.2, 0.25) is 0 Å². The van der Waals surface area contributed by atoms with Crippen LogP contribution < -0.4 is 0 Å². The van der Waals surface area contributed by atoms with E-state index in [-0.39, 0.29) is 0 Å². The zero-order chi connectivity index (χ0) is 13.3. The second kappa shape index (κ2) is 4.97. The van der Waals surface area contributed by atoms with E-state index in [4.69, 9.17) is 4.74 Å². The molecule has 1 aromatic rings. The van der Waals surface area contributed by atoms with Crippen LogP contribution >= 0.6 is 0 Å². The first kappa shape index (κ1) is 12.9. The highest BCUT2D eigenvalue weighted by Gasteiger charge is 2.28. The summed E-state index contributed by atoms with van der Waals surface area (Å²) in [6.07, 6.45) is 0.125. The second-order valence-corrected chi connectivity index (χ2v) is 4.05. The van der Waals surface area contributed by atoms with Crippen molar-refractivity contribution in [3.63, 3.8) is 0 Å². The number of nitrogens with zero attached hydrogens (tertiary/aromatic N) is 1. The summed E-state index contributed by atoms with van der Waals surface area (Å²) in [4.78, 5) is 13.3. The molecule has 1 aliphatic rings. The molecule has 2 rings (SSSR count). The van der Waals surface area contributed by atoms with Crippen LogP contribution in [0.5, 0.6) is 0 Å². The van der Waals surface area contributed by atoms with Gasteiger partial charge in [0.25, 0.3) is 5.91 Å². The molecule has 98 valence electrons. The lowest BCUT2D eigenvalue weighted by Crippen LogP contribution is -2.45. The lowest BCUT2D eigenvalue weighted by Gasteiger charge is -2.33. The molecule has 6 heteroatoms. The molecule has 1 fully saturated rings. The van der Waals surface area contributed by atoms with Crippen LogP contribution in [0.4, 0.5) is 13.2 Å². The molecule has 1 saturated heterocycles. The first-order valence-electron chi connectivity index (χ1n) is 5.58. The average molecular weight is 259 g/mol. The highest BCUT2D eigenvalue weighted by atomic mass is 19.2. The molecule has 1 heterocycles. The van der Waals surface area contributed by atoms with Crippen LogP contribution in [0.2, 0.25) is 0 Å². The molecule has 0 saturated carbocycles. The smallest absolute Gasteiger partial charge is 0.258 e. The maximum absolute atomic E-state index is 13.5. The molecule has 1 atom stereocenters. The number of hydrogen-bond acceptors (Lipinski definition) is 2. The van der Waals surface area contributed by atoms with Crippen LogP contribution in [0.25, 0.3) is 0 Å². The van der Waals surface area contributed by atoms with Crippen molar-refractivity contribution in [2.75, 3.05) is 13.2 Å². The molecule has 0 spiro atoms. The molecule has 0 aliphatic carbocycles. The maximum atomic E-state index is 13.5. The molecule has 1 aliphatic heterocycles. The van der Waals surface area contributed by atoms with E-state index in [0.29, 0.717) is 19.6 Å². The zero-order valence-corrected chi connectivity index (χ0v) is 9.75. The van der Waals surface area contributed by atoms with Gasteiger partial charge in [-0.1, -0.05) is 0 Å². The average Bonchev–Trinajstić information content (AvgIpc) is 2.36. The molecular formula is C12H12F3NO2. The van der Waals surface area contributed by atoms with Crippen molar-refractivity contribution >= 4 is 5.91 Å². The van der Waals surface area contributed by atoms with Crippen LogP contribution in [0.1, 0.15) is 23.7 Å². The number of carbonyl (C=O) groups excluding carboxylic acids is 1. The number of halogens is 3. The first-order chi connectivity index (χ1) is 8.52. The number of ether oxygens (including phenoxy) is 1. The molecule has 0 aromatic heterocycles. The third-order valence-electron chi connectivity index (χ3n) is 2.87. The standard InChI is InChI=1S/C12H12F3NO2/c1-7-16(5-2-6-18-7)12(17)8-3-4-9(13)11(15)10(8)14/h3-4,7H,2,5-6H2,1H3. The highest BCUT2D eigenvalue weighted by Crippen LogP contribution is 2.20.